The van der Waals surface area contributed by atoms with Crippen LogP contribution in [0.25, 0.3) is 0 Å². The first kappa shape index (κ1) is 15.6. The van der Waals surface area contributed by atoms with Crippen LogP contribution in [0.15, 0.2) is 5.51 Å². The van der Waals surface area contributed by atoms with Crippen molar-refractivity contribution in [3.63, 3.8) is 0 Å². The topological polar surface area (TPSA) is 70.5 Å². The minimum absolute atomic E-state index is 0.166. The lowest BCUT2D eigenvalue weighted by atomic mass is 9.91. The fourth-order valence-electron chi connectivity index (χ4n) is 1.68. The van der Waals surface area contributed by atoms with Crippen molar-refractivity contribution in [2.45, 2.75) is 33.1 Å². The molecular weight excluding hydrogens is 264 g/mol. The molecule has 0 spiro atoms. The molecule has 1 amide bonds. The van der Waals surface area contributed by atoms with E-state index in [0.717, 1.165) is 5.69 Å². The van der Waals surface area contributed by atoms with Gasteiger partial charge in [0.2, 0.25) is 0 Å². The molecule has 106 valence electrons. The van der Waals surface area contributed by atoms with Gasteiger partial charge in [-0.05, 0) is 0 Å². The molecule has 0 radical (unpaired) electrons. The summed E-state index contributed by atoms with van der Waals surface area (Å²) in [6.45, 7) is 7.77. The van der Waals surface area contributed by atoms with E-state index in [0.29, 0.717) is 4.88 Å². The number of hydrogen-bond acceptors (Lipinski definition) is 4. The van der Waals surface area contributed by atoms with E-state index in [9.17, 15) is 9.59 Å². The summed E-state index contributed by atoms with van der Waals surface area (Å²) >= 11 is 1.30. The number of aliphatic carboxylic acids is 1. The Morgan fingerprint density at radius 2 is 2.05 bits per heavy atom. The van der Waals surface area contributed by atoms with Gasteiger partial charge < -0.3 is 10.0 Å². The smallest absolute Gasteiger partial charge is 0.308 e. The van der Waals surface area contributed by atoms with Crippen LogP contribution in [0, 0.1) is 5.92 Å². The van der Waals surface area contributed by atoms with E-state index >= 15 is 0 Å². The maximum atomic E-state index is 12.3. The Labute approximate surface area is 117 Å². The minimum Gasteiger partial charge on any atom is -0.481 e. The van der Waals surface area contributed by atoms with Gasteiger partial charge in [0.25, 0.3) is 5.91 Å². The zero-order valence-electron chi connectivity index (χ0n) is 11.9. The quantitative estimate of drug-likeness (QED) is 0.920. The third-order valence-corrected chi connectivity index (χ3v) is 3.60. The molecule has 1 unspecified atom stereocenters. The molecule has 0 aliphatic heterocycles. The van der Waals surface area contributed by atoms with Gasteiger partial charge in [-0.15, -0.1) is 11.3 Å². The Morgan fingerprint density at radius 1 is 1.47 bits per heavy atom. The van der Waals surface area contributed by atoms with Crippen molar-refractivity contribution >= 4 is 23.2 Å². The number of aromatic nitrogens is 1. The predicted octanol–water partition coefficient (Wildman–Crippen LogP) is 2.23. The molecule has 1 atom stereocenters. The van der Waals surface area contributed by atoms with Gasteiger partial charge in [0, 0.05) is 19.0 Å². The van der Waals surface area contributed by atoms with Crippen LogP contribution >= 0.6 is 11.3 Å². The Kier molecular flexibility index (Phi) is 4.68. The molecule has 1 aromatic heterocycles. The molecule has 0 saturated heterocycles. The molecule has 0 aromatic carbocycles. The molecule has 19 heavy (non-hydrogen) atoms. The normalized spacial score (nSPS) is 13.1. The number of carboxylic acids is 1. The van der Waals surface area contributed by atoms with Gasteiger partial charge in [0.1, 0.15) is 4.88 Å². The average molecular weight is 284 g/mol. The number of rotatable bonds is 4. The molecular formula is C13H20N2O3S. The van der Waals surface area contributed by atoms with Crippen LogP contribution in [-0.4, -0.2) is 40.5 Å². The summed E-state index contributed by atoms with van der Waals surface area (Å²) in [6, 6.07) is 0. The van der Waals surface area contributed by atoms with E-state index < -0.39 is 11.9 Å². The third-order valence-electron chi connectivity index (χ3n) is 2.79. The van der Waals surface area contributed by atoms with Crippen molar-refractivity contribution in [2.75, 3.05) is 13.6 Å². The second-order valence-corrected chi connectivity index (χ2v) is 6.56. The zero-order chi connectivity index (χ0) is 14.8. The van der Waals surface area contributed by atoms with Crippen molar-refractivity contribution in [1.29, 1.82) is 0 Å². The average Bonchev–Trinajstić information content (AvgIpc) is 2.75. The fraction of sp³-hybridized carbons (Fsp3) is 0.615. The van der Waals surface area contributed by atoms with Crippen molar-refractivity contribution < 1.29 is 14.7 Å². The van der Waals surface area contributed by atoms with E-state index in [2.05, 4.69) is 4.98 Å². The maximum Gasteiger partial charge on any atom is 0.308 e. The zero-order valence-corrected chi connectivity index (χ0v) is 12.7. The van der Waals surface area contributed by atoms with E-state index in [1.165, 1.54) is 16.2 Å². The molecule has 1 aromatic rings. The van der Waals surface area contributed by atoms with Gasteiger partial charge in [-0.2, -0.15) is 0 Å². The Balaban J connectivity index is 2.90. The number of nitrogens with zero attached hydrogens (tertiary/aromatic N) is 2. The number of carbonyl (C=O) groups is 2. The molecule has 1 heterocycles. The first-order valence-electron chi connectivity index (χ1n) is 6.06. The summed E-state index contributed by atoms with van der Waals surface area (Å²) in [6.07, 6.45) is 0. The largest absolute Gasteiger partial charge is 0.481 e. The number of amides is 1. The van der Waals surface area contributed by atoms with Gasteiger partial charge in [-0.25, -0.2) is 4.98 Å². The van der Waals surface area contributed by atoms with Crippen LogP contribution in [-0.2, 0) is 10.2 Å². The molecule has 1 rings (SSSR count). The van der Waals surface area contributed by atoms with E-state index in [4.69, 9.17) is 5.11 Å². The summed E-state index contributed by atoms with van der Waals surface area (Å²) in [5.41, 5.74) is 2.21. The van der Waals surface area contributed by atoms with Crippen molar-refractivity contribution in [3.8, 4) is 0 Å². The Bertz CT molecular complexity index is 476. The number of carboxylic acid groups (broad SMARTS) is 1. The van der Waals surface area contributed by atoms with Gasteiger partial charge in [-0.3, -0.25) is 9.59 Å². The van der Waals surface area contributed by atoms with Crippen LogP contribution in [0.2, 0.25) is 0 Å². The summed E-state index contributed by atoms with van der Waals surface area (Å²) in [4.78, 5) is 29.5. The third kappa shape index (κ3) is 3.76. The van der Waals surface area contributed by atoms with Crippen molar-refractivity contribution in [1.82, 2.24) is 9.88 Å². The molecule has 0 saturated carbocycles. The summed E-state index contributed by atoms with van der Waals surface area (Å²) in [7, 11) is 1.62. The van der Waals surface area contributed by atoms with E-state index in [-0.39, 0.29) is 17.9 Å². The van der Waals surface area contributed by atoms with Gasteiger partial charge in [0.15, 0.2) is 0 Å². The van der Waals surface area contributed by atoms with Crippen molar-refractivity contribution in [3.05, 3.63) is 16.1 Å². The van der Waals surface area contributed by atoms with E-state index in [1.807, 2.05) is 20.8 Å². The summed E-state index contributed by atoms with van der Waals surface area (Å²) in [5.74, 6) is -1.65. The van der Waals surface area contributed by atoms with Gasteiger partial charge in [-0.1, -0.05) is 27.7 Å². The fourth-order valence-corrected chi connectivity index (χ4v) is 2.67. The molecule has 0 aliphatic carbocycles. The van der Waals surface area contributed by atoms with Crippen LogP contribution in [0.1, 0.15) is 43.1 Å². The van der Waals surface area contributed by atoms with Crippen LogP contribution < -0.4 is 0 Å². The molecule has 0 aliphatic rings. The number of hydrogen-bond donors (Lipinski definition) is 1. The lowest BCUT2D eigenvalue weighted by Crippen LogP contribution is -2.34. The molecule has 1 N–H and O–H groups in total. The van der Waals surface area contributed by atoms with Crippen LogP contribution in [0.5, 0.6) is 0 Å². The minimum atomic E-state index is -0.903. The standard InChI is InChI=1S/C13H20N2O3S/c1-8(12(17)18)6-15(5)11(16)9-10(13(2,3)4)14-7-19-9/h7-8H,6H2,1-5H3,(H,17,18). The number of carbonyl (C=O) groups excluding carboxylic acids is 1. The van der Waals surface area contributed by atoms with Crippen LogP contribution in [0.4, 0.5) is 0 Å². The highest BCUT2D eigenvalue weighted by atomic mass is 32.1. The highest BCUT2D eigenvalue weighted by Gasteiger charge is 2.27. The predicted molar refractivity (Wildman–Crippen MR) is 74.6 cm³/mol. The van der Waals surface area contributed by atoms with Gasteiger partial charge in [0.05, 0.1) is 17.1 Å². The first-order valence-corrected chi connectivity index (χ1v) is 6.94. The molecule has 6 heteroatoms. The lowest BCUT2D eigenvalue weighted by Gasteiger charge is -2.22. The Morgan fingerprint density at radius 3 is 2.53 bits per heavy atom. The summed E-state index contributed by atoms with van der Waals surface area (Å²) in [5, 5.41) is 8.88. The highest BCUT2D eigenvalue weighted by molar-refractivity contribution is 7.11. The first-order chi connectivity index (χ1) is 8.64. The highest BCUT2D eigenvalue weighted by Crippen LogP contribution is 2.28. The molecule has 0 bridgehead atoms. The second kappa shape index (κ2) is 5.69. The molecule has 5 nitrogen and oxygen atoms in total. The maximum absolute atomic E-state index is 12.3. The Hall–Kier alpha value is -1.43. The van der Waals surface area contributed by atoms with E-state index in [1.54, 1.807) is 19.5 Å². The molecule has 0 fully saturated rings. The SMILES string of the molecule is CC(CN(C)C(=O)c1scnc1C(C)(C)C)C(=O)O. The second-order valence-electron chi connectivity index (χ2n) is 5.71. The van der Waals surface area contributed by atoms with Crippen molar-refractivity contribution in [2.24, 2.45) is 5.92 Å². The number of thiazole rings is 1. The van der Waals surface area contributed by atoms with Crippen LogP contribution in [0.3, 0.4) is 0 Å². The lowest BCUT2D eigenvalue weighted by molar-refractivity contribution is -0.141. The monoisotopic (exact) mass is 284 g/mol. The van der Waals surface area contributed by atoms with Gasteiger partial charge >= 0.3 is 5.97 Å². The summed E-state index contributed by atoms with van der Waals surface area (Å²) < 4.78 is 0.